The molecule has 3 heterocycles. The van der Waals surface area contributed by atoms with Gasteiger partial charge in [-0.25, -0.2) is 9.97 Å². The minimum atomic E-state index is -0.263. The molecule has 0 bridgehead atoms. The van der Waals surface area contributed by atoms with Gasteiger partial charge in [-0.15, -0.1) is 0 Å². The van der Waals surface area contributed by atoms with Crippen LogP contribution in [-0.2, 0) is 9.59 Å². The second-order valence-electron chi connectivity index (χ2n) is 10.4. The fourth-order valence-electron chi connectivity index (χ4n) is 5.41. The van der Waals surface area contributed by atoms with E-state index >= 15 is 0 Å². The molecule has 35 heavy (non-hydrogen) atoms. The Morgan fingerprint density at radius 3 is 2.66 bits per heavy atom. The second-order valence-corrected chi connectivity index (χ2v) is 10.9. The normalized spacial score (nSPS) is 21.6. The first-order chi connectivity index (χ1) is 16.8. The van der Waals surface area contributed by atoms with Gasteiger partial charge in [-0.3, -0.25) is 9.59 Å². The third-order valence-electron chi connectivity index (χ3n) is 7.45. The van der Waals surface area contributed by atoms with Gasteiger partial charge in [0.25, 0.3) is 0 Å². The zero-order valence-corrected chi connectivity index (χ0v) is 21.3. The summed E-state index contributed by atoms with van der Waals surface area (Å²) >= 11 is 6.12. The number of aromatic nitrogens is 2. The first-order valence-electron chi connectivity index (χ1n) is 12.5. The summed E-state index contributed by atoms with van der Waals surface area (Å²) in [6.45, 7) is 8.91. The quantitative estimate of drug-likeness (QED) is 0.635. The highest BCUT2D eigenvalue weighted by Gasteiger charge is 2.54. The molecule has 2 atom stereocenters. The summed E-state index contributed by atoms with van der Waals surface area (Å²) in [7, 11) is 0. The molecule has 2 amide bonds. The molecule has 1 aromatic carbocycles. The molecule has 0 radical (unpaired) electrons. The van der Waals surface area contributed by atoms with E-state index in [-0.39, 0.29) is 35.2 Å². The minimum absolute atomic E-state index is 0.00743. The lowest BCUT2D eigenvalue weighted by Gasteiger charge is -2.45. The molecule has 2 aromatic rings. The average Bonchev–Trinajstić information content (AvgIpc) is 3.58. The Hall–Kier alpha value is -2.71. The number of benzene rings is 1. The number of hydrogen-bond donors (Lipinski definition) is 2. The maximum Gasteiger partial charge on any atom is 0.231 e. The summed E-state index contributed by atoms with van der Waals surface area (Å²) in [5.41, 5.74) is 1.82. The highest BCUT2D eigenvalue weighted by molar-refractivity contribution is 6.30. The first-order valence-corrected chi connectivity index (χ1v) is 12.9. The smallest absolute Gasteiger partial charge is 0.231 e. The van der Waals surface area contributed by atoms with Gasteiger partial charge in [0.15, 0.2) is 0 Å². The molecule has 1 spiro atoms. The summed E-state index contributed by atoms with van der Waals surface area (Å²) in [4.78, 5) is 39.3. The second kappa shape index (κ2) is 9.39. The molecule has 2 N–H and O–H groups in total. The minimum Gasteiger partial charge on any atom is -0.352 e. The number of amides is 2. The van der Waals surface area contributed by atoms with Crippen molar-refractivity contribution < 1.29 is 9.59 Å². The van der Waals surface area contributed by atoms with E-state index in [0.717, 1.165) is 36.3 Å². The van der Waals surface area contributed by atoms with Gasteiger partial charge in [-0.2, -0.15) is 0 Å². The number of nitrogens with zero attached hydrogens (tertiary/aromatic N) is 4. The molecule has 2 aliphatic heterocycles. The molecule has 0 unspecified atom stereocenters. The Bertz CT molecular complexity index is 1120. The lowest BCUT2D eigenvalue weighted by atomic mass is 9.93. The van der Waals surface area contributed by atoms with Gasteiger partial charge in [-0.1, -0.05) is 44.5 Å². The predicted octanol–water partition coefficient (Wildman–Crippen LogP) is 3.54. The van der Waals surface area contributed by atoms with Crippen molar-refractivity contribution in [3.8, 4) is 0 Å². The van der Waals surface area contributed by atoms with E-state index in [1.165, 1.54) is 6.33 Å². The molecule has 8 nitrogen and oxygen atoms in total. The maximum atomic E-state index is 14.0. The van der Waals surface area contributed by atoms with E-state index in [0.29, 0.717) is 36.9 Å². The molecule has 2 fully saturated rings. The van der Waals surface area contributed by atoms with Crippen molar-refractivity contribution in [3.63, 3.8) is 0 Å². The zero-order chi connectivity index (χ0) is 24.7. The molecule has 186 valence electrons. The van der Waals surface area contributed by atoms with E-state index in [1.807, 2.05) is 24.3 Å². The number of carbonyl (C=O) groups excluding carboxylic acids is 2. The highest BCUT2D eigenvalue weighted by Crippen LogP contribution is 2.47. The molecular formula is C26H33ClN6O2. The van der Waals surface area contributed by atoms with Crippen LogP contribution >= 0.6 is 11.6 Å². The summed E-state index contributed by atoms with van der Waals surface area (Å²) in [5.74, 6) is 1.46. The molecule has 1 aromatic heterocycles. The van der Waals surface area contributed by atoms with Crippen molar-refractivity contribution in [2.75, 3.05) is 36.4 Å². The third-order valence-corrected chi connectivity index (χ3v) is 7.70. The number of rotatable bonds is 6. The van der Waals surface area contributed by atoms with Crippen molar-refractivity contribution in [3.05, 3.63) is 46.7 Å². The topological polar surface area (TPSA) is 90.5 Å². The Morgan fingerprint density at radius 1 is 1.23 bits per heavy atom. The van der Waals surface area contributed by atoms with Crippen molar-refractivity contribution in [2.24, 2.45) is 0 Å². The number of nitrogens with one attached hydrogen (secondary N) is 2. The van der Waals surface area contributed by atoms with Crippen LogP contribution in [-0.4, -0.2) is 64.4 Å². The molecule has 1 aliphatic carbocycles. The van der Waals surface area contributed by atoms with Gasteiger partial charge in [0.2, 0.25) is 11.8 Å². The van der Waals surface area contributed by atoms with Crippen LogP contribution in [0.1, 0.15) is 63.0 Å². The van der Waals surface area contributed by atoms with Gasteiger partial charge in [0.1, 0.15) is 18.0 Å². The lowest BCUT2D eigenvalue weighted by molar-refractivity contribution is -0.136. The molecule has 5 rings (SSSR count). The summed E-state index contributed by atoms with van der Waals surface area (Å²) < 4.78 is 0. The van der Waals surface area contributed by atoms with Crippen LogP contribution in [0.25, 0.3) is 0 Å². The summed E-state index contributed by atoms with van der Waals surface area (Å²) in [6, 6.07) is 7.93. The van der Waals surface area contributed by atoms with Crippen LogP contribution in [0.4, 0.5) is 11.6 Å². The van der Waals surface area contributed by atoms with Crippen LogP contribution in [0.2, 0.25) is 5.02 Å². The van der Waals surface area contributed by atoms with E-state index in [2.05, 4.69) is 51.2 Å². The standard InChI is InChI=1S/C26H33ClN6O2/c1-16(2)28-13-20(18-4-6-19(27)7-5-18)25(35)33-11-10-32(14-26(33)8-9-26)24-22-17(3)12-21(34)31-23(22)29-15-30-24/h4-7,15-17,20,28H,8-14H2,1-3H3,(H,29,30,31,34)/t17-,20-/m1/s1. The lowest BCUT2D eigenvalue weighted by Crippen LogP contribution is -2.59. The van der Waals surface area contributed by atoms with Crippen molar-refractivity contribution in [1.82, 2.24) is 20.2 Å². The number of halogens is 1. The van der Waals surface area contributed by atoms with Crippen molar-refractivity contribution in [1.29, 1.82) is 0 Å². The van der Waals surface area contributed by atoms with E-state index in [1.54, 1.807) is 0 Å². The zero-order valence-electron chi connectivity index (χ0n) is 20.6. The van der Waals surface area contributed by atoms with Crippen LogP contribution in [0.5, 0.6) is 0 Å². The van der Waals surface area contributed by atoms with Crippen molar-refractivity contribution in [2.45, 2.75) is 63.5 Å². The van der Waals surface area contributed by atoms with Gasteiger partial charge < -0.3 is 20.4 Å². The predicted molar refractivity (Wildman–Crippen MR) is 137 cm³/mol. The average molecular weight is 497 g/mol. The summed E-state index contributed by atoms with van der Waals surface area (Å²) in [6.07, 6.45) is 3.93. The number of carbonyl (C=O) groups is 2. The molecule has 3 aliphatic rings. The largest absolute Gasteiger partial charge is 0.352 e. The molecule has 1 saturated carbocycles. The monoisotopic (exact) mass is 496 g/mol. The number of fused-ring (bicyclic) bond motifs is 1. The van der Waals surface area contributed by atoms with Gasteiger partial charge in [-0.05, 0) is 36.5 Å². The Labute approximate surface area is 211 Å². The van der Waals surface area contributed by atoms with Crippen LogP contribution in [0.3, 0.4) is 0 Å². The van der Waals surface area contributed by atoms with Crippen LogP contribution < -0.4 is 15.5 Å². The fourth-order valence-corrected chi connectivity index (χ4v) is 5.54. The molecule has 9 heteroatoms. The highest BCUT2D eigenvalue weighted by atomic mass is 35.5. The van der Waals surface area contributed by atoms with Crippen LogP contribution in [0, 0.1) is 0 Å². The van der Waals surface area contributed by atoms with Gasteiger partial charge >= 0.3 is 0 Å². The van der Waals surface area contributed by atoms with Gasteiger partial charge in [0, 0.05) is 49.2 Å². The number of hydrogen-bond acceptors (Lipinski definition) is 6. The SMILES string of the molecule is CC(C)NC[C@@H](C(=O)N1CCN(c2ncnc3c2[C@H](C)CC(=O)N3)CC12CC2)c1ccc(Cl)cc1. The number of piperazine rings is 1. The Kier molecular flexibility index (Phi) is 6.44. The van der Waals surface area contributed by atoms with Crippen LogP contribution in [0.15, 0.2) is 30.6 Å². The van der Waals surface area contributed by atoms with E-state index in [9.17, 15) is 9.59 Å². The number of anilines is 2. The van der Waals surface area contributed by atoms with E-state index in [4.69, 9.17) is 11.6 Å². The Morgan fingerprint density at radius 2 is 1.97 bits per heavy atom. The fraction of sp³-hybridized carbons (Fsp3) is 0.538. The summed E-state index contributed by atoms with van der Waals surface area (Å²) in [5, 5.41) is 7.03. The molecule has 1 saturated heterocycles. The molecular weight excluding hydrogens is 464 g/mol. The van der Waals surface area contributed by atoms with E-state index < -0.39 is 0 Å². The Balaban J connectivity index is 1.38. The first kappa shape index (κ1) is 24.0. The van der Waals surface area contributed by atoms with Gasteiger partial charge in [0.05, 0.1) is 11.5 Å². The third kappa shape index (κ3) is 4.74. The maximum absolute atomic E-state index is 14.0. The van der Waals surface area contributed by atoms with Crippen molar-refractivity contribution >= 4 is 35.1 Å².